The molecule has 23 heavy (non-hydrogen) atoms. The fourth-order valence-corrected chi connectivity index (χ4v) is 3.29. The first-order valence-electron chi connectivity index (χ1n) is 8.18. The number of hydrogen-bond donors (Lipinski definition) is 2. The van der Waals surface area contributed by atoms with Crippen molar-refractivity contribution in [2.24, 2.45) is 5.92 Å². The molecule has 0 saturated heterocycles. The summed E-state index contributed by atoms with van der Waals surface area (Å²) in [6.07, 6.45) is 3.95. The molecule has 0 spiro atoms. The number of fused-ring (bicyclic) bond motifs is 1. The first-order valence-corrected chi connectivity index (χ1v) is 8.18. The standard InChI is InChI=1S/C17H22N2O4/c1-9(17(22)23)8-19(11-6-7-11)16(21)15-10(2)14-12(18-15)4-3-5-13(14)20/h9,11,18H,3-8H2,1-2H3,(H,22,23). The van der Waals surface area contributed by atoms with Gasteiger partial charge in [-0.2, -0.15) is 0 Å². The molecule has 0 aromatic carbocycles. The first-order chi connectivity index (χ1) is 10.9. The largest absolute Gasteiger partial charge is 0.481 e. The first kappa shape index (κ1) is 15.8. The fourth-order valence-electron chi connectivity index (χ4n) is 3.29. The van der Waals surface area contributed by atoms with Crippen molar-refractivity contribution in [2.45, 2.75) is 52.0 Å². The molecule has 124 valence electrons. The second kappa shape index (κ2) is 5.83. The lowest BCUT2D eigenvalue weighted by molar-refractivity contribution is -0.141. The summed E-state index contributed by atoms with van der Waals surface area (Å²) in [5.74, 6) is -1.59. The highest BCUT2D eigenvalue weighted by molar-refractivity contribution is 6.04. The van der Waals surface area contributed by atoms with Crippen molar-refractivity contribution in [3.63, 3.8) is 0 Å². The SMILES string of the molecule is Cc1c(C(=O)N(CC(C)C(=O)O)C2CC2)[nH]c2c1C(=O)CCC2. The highest BCUT2D eigenvalue weighted by Gasteiger charge is 2.37. The van der Waals surface area contributed by atoms with Crippen molar-refractivity contribution < 1.29 is 19.5 Å². The van der Waals surface area contributed by atoms with Gasteiger partial charge in [-0.05, 0) is 38.2 Å². The van der Waals surface area contributed by atoms with Crippen molar-refractivity contribution >= 4 is 17.7 Å². The van der Waals surface area contributed by atoms with Crippen LogP contribution in [0.4, 0.5) is 0 Å². The molecule has 6 nitrogen and oxygen atoms in total. The number of H-pyrrole nitrogens is 1. The number of amides is 1. The van der Waals surface area contributed by atoms with Crippen LogP contribution >= 0.6 is 0 Å². The van der Waals surface area contributed by atoms with Crippen LogP contribution in [-0.4, -0.2) is 45.2 Å². The molecule has 2 aliphatic carbocycles. The normalized spacial score (nSPS) is 18.4. The number of carbonyl (C=O) groups excluding carboxylic acids is 2. The van der Waals surface area contributed by atoms with Crippen LogP contribution in [0, 0.1) is 12.8 Å². The number of Topliss-reactive ketones (excluding diaryl/α,β-unsaturated/α-hetero) is 1. The Bertz CT molecular complexity index is 672. The number of nitrogens with one attached hydrogen (secondary N) is 1. The molecule has 1 aromatic heterocycles. The monoisotopic (exact) mass is 318 g/mol. The Labute approximate surface area is 134 Å². The van der Waals surface area contributed by atoms with Gasteiger partial charge in [0.1, 0.15) is 5.69 Å². The van der Waals surface area contributed by atoms with E-state index in [0.717, 1.165) is 31.4 Å². The second-order valence-corrected chi connectivity index (χ2v) is 6.68. The number of aryl methyl sites for hydroxylation is 1. The molecule has 1 amide bonds. The molecule has 1 saturated carbocycles. The molecule has 3 rings (SSSR count). The fraction of sp³-hybridized carbons (Fsp3) is 0.588. The van der Waals surface area contributed by atoms with Gasteiger partial charge in [-0.3, -0.25) is 14.4 Å². The Kier molecular flexibility index (Phi) is 4.00. The summed E-state index contributed by atoms with van der Waals surface area (Å²) in [6, 6.07) is 0.125. The Balaban J connectivity index is 1.89. The topological polar surface area (TPSA) is 90.5 Å². The Morgan fingerprint density at radius 3 is 2.61 bits per heavy atom. The quantitative estimate of drug-likeness (QED) is 0.870. The molecular weight excluding hydrogens is 296 g/mol. The van der Waals surface area contributed by atoms with Crippen LogP contribution in [0.3, 0.4) is 0 Å². The van der Waals surface area contributed by atoms with E-state index in [2.05, 4.69) is 4.98 Å². The average molecular weight is 318 g/mol. The number of nitrogens with zero attached hydrogens (tertiary/aromatic N) is 1. The van der Waals surface area contributed by atoms with Crippen molar-refractivity contribution in [3.05, 3.63) is 22.5 Å². The third kappa shape index (κ3) is 2.90. The van der Waals surface area contributed by atoms with Gasteiger partial charge in [0.2, 0.25) is 0 Å². The Hall–Kier alpha value is -2.11. The minimum atomic E-state index is -0.902. The van der Waals surface area contributed by atoms with E-state index in [0.29, 0.717) is 23.2 Å². The molecule has 1 atom stereocenters. The van der Waals surface area contributed by atoms with Gasteiger partial charge in [0.05, 0.1) is 5.92 Å². The van der Waals surface area contributed by atoms with Crippen molar-refractivity contribution in [1.82, 2.24) is 9.88 Å². The van der Waals surface area contributed by atoms with E-state index < -0.39 is 11.9 Å². The van der Waals surface area contributed by atoms with Gasteiger partial charge in [0, 0.05) is 30.3 Å². The van der Waals surface area contributed by atoms with E-state index in [1.54, 1.807) is 18.7 Å². The van der Waals surface area contributed by atoms with Crippen LogP contribution in [0.15, 0.2) is 0 Å². The summed E-state index contributed by atoms with van der Waals surface area (Å²) in [5, 5.41) is 9.12. The minimum absolute atomic E-state index is 0.0934. The average Bonchev–Trinajstić information content (AvgIpc) is 3.28. The molecule has 1 heterocycles. The van der Waals surface area contributed by atoms with E-state index in [-0.39, 0.29) is 24.3 Å². The zero-order chi connectivity index (χ0) is 16.7. The number of aliphatic carboxylic acids is 1. The number of carboxylic acids is 1. The number of aromatic nitrogens is 1. The highest BCUT2D eigenvalue weighted by Crippen LogP contribution is 2.32. The predicted octanol–water partition coefficient (Wildman–Crippen LogP) is 2.17. The lowest BCUT2D eigenvalue weighted by Gasteiger charge is -2.24. The number of carboxylic acid groups (broad SMARTS) is 1. The number of ketones is 1. The van der Waals surface area contributed by atoms with Crippen LogP contribution in [0.1, 0.15) is 64.7 Å². The second-order valence-electron chi connectivity index (χ2n) is 6.68. The maximum Gasteiger partial charge on any atom is 0.308 e. The number of aromatic amines is 1. The zero-order valence-corrected chi connectivity index (χ0v) is 13.5. The molecular formula is C17H22N2O4. The number of carbonyl (C=O) groups is 3. The summed E-state index contributed by atoms with van der Waals surface area (Å²) in [5.41, 5.74) is 2.68. The van der Waals surface area contributed by atoms with E-state index in [1.807, 2.05) is 0 Å². The number of rotatable bonds is 5. The van der Waals surface area contributed by atoms with Gasteiger partial charge in [-0.25, -0.2) is 0 Å². The molecule has 1 unspecified atom stereocenters. The lowest BCUT2D eigenvalue weighted by Crippen LogP contribution is -2.39. The molecule has 6 heteroatoms. The van der Waals surface area contributed by atoms with Crippen LogP contribution in [0.2, 0.25) is 0 Å². The van der Waals surface area contributed by atoms with Gasteiger partial charge in [-0.1, -0.05) is 6.92 Å². The van der Waals surface area contributed by atoms with E-state index in [9.17, 15) is 14.4 Å². The number of hydrogen-bond acceptors (Lipinski definition) is 3. The third-order valence-corrected chi connectivity index (χ3v) is 4.79. The molecule has 1 fully saturated rings. The predicted molar refractivity (Wildman–Crippen MR) is 83.7 cm³/mol. The smallest absolute Gasteiger partial charge is 0.308 e. The third-order valence-electron chi connectivity index (χ3n) is 4.79. The van der Waals surface area contributed by atoms with E-state index in [4.69, 9.17) is 5.11 Å². The Morgan fingerprint density at radius 2 is 2.04 bits per heavy atom. The molecule has 2 N–H and O–H groups in total. The zero-order valence-electron chi connectivity index (χ0n) is 13.5. The van der Waals surface area contributed by atoms with Crippen LogP contribution in [0.5, 0.6) is 0 Å². The molecule has 0 radical (unpaired) electrons. The van der Waals surface area contributed by atoms with Gasteiger partial charge in [0.15, 0.2) is 5.78 Å². The van der Waals surface area contributed by atoms with Crippen molar-refractivity contribution in [3.8, 4) is 0 Å². The molecule has 2 aliphatic rings. The molecule has 0 bridgehead atoms. The molecule has 0 aliphatic heterocycles. The van der Waals surface area contributed by atoms with Gasteiger partial charge < -0.3 is 15.0 Å². The summed E-state index contributed by atoms with van der Waals surface area (Å²) in [7, 11) is 0. The van der Waals surface area contributed by atoms with Crippen LogP contribution in [-0.2, 0) is 11.2 Å². The van der Waals surface area contributed by atoms with Gasteiger partial charge >= 0.3 is 5.97 Å². The van der Waals surface area contributed by atoms with E-state index in [1.165, 1.54) is 0 Å². The van der Waals surface area contributed by atoms with Crippen molar-refractivity contribution in [1.29, 1.82) is 0 Å². The lowest BCUT2D eigenvalue weighted by atomic mass is 9.93. The maximum absolute atomic E-state index is 12.9. The molecule has 1 aromatic rings. The summed E-state index contributed by atoms with van der Waals surface area (Å²) in [6.45, 7) is 3.62. The summed E-state index contributed by atoms with van der Waals surface area (Å²) in [4.78, 5) is 40.9. The summed E-state index contributed by atoms with van der Waals surface area (Å²) >= 11 is 0. The van der Waals surface area contributed by atoms with Crippen molar-refractivity contribution in [2.75, 3.05) is 6.54 Å². The Morgan fingerprint density at radius 1 is 1.35 bits per heavy atom. The van der Waals surface area contributed by atoms with Crippen LogP contribution in [0.25, 0.3) is 0 Å². The highest BCUT2D eigenvalue weighted by atomic mass is 16.4. The summed E-state index contributed by atoms with van der Waals surface area (Å²) < 4.78 is 0. The van der Waals surface area contributed by atoms with Crippen LogP contribution < -0.4 is 0 Å². The maximum atomic E-state index is 12.9. The van der Waals surface area contributed by atoms with Gasteiger partial charge in [0.25, 0.3) is 5.91 Å². The minimum Gasteiger partial charge on any atom is -0.481 e. The van der Waals surface area contributed by atoms with Gasteiger partial charge in [-0.15, -0.1) is 0 Å². The van der Waals surface area contributed by atoms with E-state index >= 15 is 0 Å².